The zero-order valence-electron chi connectivity index (χ0n) is 18.7. The van der Waals surface area contributed by atoms with E-state index in [0.717, 1.165) is 36.3 Å². The Hall–Kier alpha value is -3.64. The fourth-order valence-corrected chi connectivity index (χ4v) is 4.47. The van der Waals surface area contributed by atoms with Crippen molar-refractivity contribution < 1.29 is 13.6 Å². The number of halogens is 2. The summed E-state index contributed by atoms with van der Waals surface area (Å²) in [6.45, 7) is 3.10. The number of carbonyl (C=O) groups excluding carboxylic acids is 1. The van der Waals surface area contributed by atoms with Gasteiger partial charge in [0.2, 0.25) is 0 Å². The van der Waals surface area contributed by atoms with E-state index in [0.29, 0.717) is 22.3 Å². The Balaban J connectivity index is 1.42. The summed E-state index contributed by atoms with van der Waals surface area (Å²) in [4.78, 5) is 20.3. The Morgan fingerprint density at radius 1 is 0.941 bits per heavy atom. The van der Waals surface area contributed by atoms with Gasteiger partial charge in [-0.15, -0.1) is 0 Å². The molecule has 0 unspecified atom stereocenters. The molecule has 1 aliphatic rings. The number of aromatic nitrogens is 1. The van der Waals surface area contributed by atoms with Crippen LogP contribution < -0.4 is 5.32 Å². The number of hydrogen-bond acceptors (Lipinski definition) is 3. The highest BCUT2D eigenvalue weighted by atomic mass is 19.3. The molecule has 1 amide bonds. The molecule has 1 aliphatic heterocycles. The molecule has 3 aromatic carbocycles. The second-order valence-corrected chi connectivity index (χ2v) is 8.64. The summed E-state index contributed by atoms with van der Waals surface area (Å²) in [5.74, 6) is -0.255. The lowest BCUT2D eigenvalue weighted by Crippen LogP contribution is -2.18. The predicted molar refractivity (Wildman–Crippen MR) is 131 cm³/mol. The maximum atomic E-state index is 13.2. The maximum absolute atomic E-state index is 13.2. The summed E-state index contributed by atoms with van der Waals surface area (Å²) in [5.41, 5.74) is 3.95. The van der Waals surface area contributed by atoms with Gasteiger partial charge < -0.3 is 5.32 Å². The summed E-state index contributed by atoms with van der Waals surface area (Å²) < 4.78 is 26.3. The van der Waals surface area contributed by atoms with E-state index >= 15 is 0 Å². The van der Waals surface area contributed by atoms with Gasteiger partial charge in [-0.05, 0) is 61.8 Å². The van der Waals surface area contributed by atoms with Crippen LogP contribution in [0.15, 0.2) is 78.9 Å². The molecule has 1 fully saturated rings. The number of para-hydroxylation sites is 1. The van der Waals surface area contributed by atoms with Crippen LogP contribution in [-0.2, 0) is 6.54 Å². The van der Waals surface area contributed by atoms with Crippen molar-refractivity contribution in [3.63, 3.8) is 0 Å². The Bertz CT molecular complexity index is 1330. The Labute approximate surface area is 197 Å². The number of carbonyl (C=O) groups is 1. The predicted octanol–water partition coefficient (Wildman–Crippen LogP) is 6.69. The van der Waals surface area contributed by atoms with Gasteiger partial charge in [-0.1, -0.05) is 48.5 Å². The zero-order valence-corrected chi connectivity index (χ0v) is 18.7. The first kappa shape index (κ1) is 22.2. The Morgan fingerprint density at radius 2 is 1.74 bits per heavy atom. The summed E-state index contributed by atoms with van der Waals surface area (Å²) >= 11 is 0. The van der Waals surface area contributed by atoms with E-state index in [1.54, 1.807) is 24.3 Å². The van der Waals surface area contributed by atoms with Crippen LogP contribution in [0.3, 0.4) is 0 Å². The third kappa shape index (κ3) is 4.82. The van der Waals surface area contributed by atoms with Crippen molar-refractivity contribution in [2.24, 2.45) is 0 Å². The Kier molecular flexibility index (Phi) is 6.32. The summed E-state index contributed by atoms with van der Waals surface area (Å²) in [5, 5.41) is 3.81. The van der Waals surface area contributed by atoms with Gasteiger partial charge >= 0.3 is 0 Å². The van der Waals surface area contributed by atoms with Crippen molar-refractivity contribution in [2.75, 3.05) is 18.4 Å². The molecule has 1 saturated heterocycles. The van der Waals surface area contributed by atoms with Crippen molar-refractivity contribution >= 4 is 22.5 Å². The van der Waals surface area contributed by atoms with E-state index in [1.807, 2.05) is 36.4 Å². The second kappa shape index (κ2) is 9.69. The third-order valence-electron chi connectivity index (χ3n) is 6.19. The van der Waals surface area contributed by atoms with Crippen LogP contribution in [0.5, 0.6) is 0 Å². The maximum Gasteiger partial charge on any atom is 0.263 e. The van der Waals surface area contributed by atoms with Crippen LogP contribution in [0.4, 0.5) is 14.5 Å². The minimum atomic E-state index is -2.55. The monoisotopic (exact) mass is 457 g/mol. The van der Waals surface area contributed by atoms with E-state index in [9.17, 15) is 13.6 Å². The highest BCUT2D eigenvalue weighted by Crippen LogP contribution is 2.27. The van der Waals surface area contributed by atoms with E-state index < -0.39 is 6.43 Å². The van der Waals surface area contributed by atoms with Crippen LogP contribution >= 0.6 is 0 Å². The first-order chi connectivity index (χ1) is 16.6. The highest BCUT2D eigenvalue weighted by molar-refractivity contribution is 6.12. The molecule has 0 radical (unpaired) electrons. The molecule has 0 saturated carbocycles. The first-order valence-corrected chi connectivity index (χ1v) is 11.5. The van der Waals surface area contributed by atoms with E-state index in [2.05, 4.69) is 21.3 Å². The van der Waals surface area contributed by atoms with Gasteiger partial charge in [0.15, 0.2) is 0 Å². The lowest BCUT2D eigenvalue weighted by atomic mass is 10.0. The number of benzene rings is 3. The smallest absolute Gasteiger partial charge is 0.263 e. The third-order valence-corrected chi connectivity index (χ3v) is 6.19. The summed E-state index contributed by atoms with van der Waals surface area (Å²) in [6, 6.07) is 23.2. The van der Waals surface area contributed by atoms with Crippen LogP contribution in [0.2, 0.25) is 0 Å². The zero-order chi connectivity index (χ0) is 23.5. The molecule has 2 heterocycles. The molecule has 4 nitrogen and oxygen atoms in total. The molecule has 5 rings (SSSR count). The SMILES string of the molecule is O=C(Nc1cccc(CN2CCCC2)c1)c1cccc2ccc(-c3cccc(C(F)F)c3)nc12. The Morgan fingerprint density at radius 3 is 2.56 bits per heavy atom. The van der Waals surface area contributed by atoms with E-state index in [-0.39, 0.29) is 11.5 Å². The quantitative estimate of drug-likeness (QED) is 0.351. The number of rotatable bonds is 6. The van der Waals surface area contributed by atoms with Gasteiger partial charge in [0, 0.05) is 28.7 Å². The average molecular weight is 458 g/mol. The van der Waals surface area contributed by atoms with Crippen molar-refractivity contribution in [2.45, 2.75) is 25.8 Å². The number of alkyl halides is 2. The number of hydrogen-bond donors (Lipinski definition) is 1. The topological polar surface area (TPSA) is 45.2 Å². The van der Waals surface area contributed by atoms with Gasteiger partial charge in [0.05, 0.1) is 16.8 Å². The minimum absolute atomic E-state index is 0.0563. The molecule has 34 heavy (non-hydrogen) atoms. The van der Waals surface area contributed by atoms with Crippen molar-refractivity contribution in [3.8, 4) is 11.3 Å². The number of likely N-dealkylation sites (tertiary alicyclic amines) is 1. The molecular formula is C28H25F2N3O. The van der Waals surface area contributed by atoms with Crippen molar-refractivity contribution in [1.82, 2.24) is 9.88 Å². The van der Waals surface area contributed by atoms with Crippen LogP contribution in [0.1, 0.15) is 40.8 Å². The van der Waals surface area contributed by atoms with Crippen molar-refractivity contribution in [1.29, 1.82) is 0 Å². The number of nitrogens with one attached hydrogen (secondary N) is 1. The lowest BCUT2D eigenvalue weighted by Gasteiger charge is -2.15. The standard InChI is InChI=1S/C28H25F2N3O/c29-27(30)22-9-4-8-21(17-22)25-13-12-20-7-5-11-24(26(20)32-25)28(34)31-23-10-3-6-19(16-23)18-33-14-1-2-15-33/h3-13,16-17,27H,1-2,14-15,18H2,(H,31,34). The van der Waals surface area contributed by atoms with Crippen LogP contribution in [0, 0.1) is 0 Å². The van der Waals surface area contributed by atoms with Gasteiger partial charge in [-0.25, -0.2) is 13.8 Å². The van der Waals surface area contributed by atoms with Gasteiger partial charge in [0.1, 0.15) is 0 Å². The largest absolute Gasteiger partial charge is 0.322 e. The number of pyridine rings is 1. The molecule has 172 valence electrons. The average Bonchev–Trinajstić information content (AvgIpc) is 3.36. The number of amides is 1. The first-order valence-electron chi connectivity index (χ1n) is 11.5. The van der Waals surface area contributed by atoms with Crippen LogP contribution in [-0.4, -0.2) is 28.9 Å². The summed E-state index contributed by atoms with van der Waals surface area (Å²) in [7, 11) is 0. The molecule has 0 bridgehead atoms. The fraction of sp³-hybridized carbons (Fsp3) is 0.214. The lowest BCUT2D eigenvalue weighted by molar-refractivity contribution is 0.102. The van der Waals surface area contributed by atoms with Gasteiger partial charge in [-0.3, -0.25) is 9.69 Å². The van der Waals surface area contributed by atoms with Crippen molar-refractivity contribution in [3.05, 3.63) is 95.6 Å². The number of fused-ring (bicyclic) bond motifs is 1. The molecule has 1 aromatic heterocycles. The molecule has 0 spiro atoms. The van der Waals surface area contributed by atoms with E-state index in [1.165, 1.54) is 25.0 Å². The summed E-state index contributed by atoms with van der Waals surface area (Å²) in [6.07, 6.45) is -0.0827. The van der Waals surface area contributed by atoms with Gasteiger partial charge in [0.25, 0.3) is 12.3 Å². The molecule has 1 N–H and O–H groups in total. The highest BCUT2D eigenvalue weighted by Gasteiger charge is 2.15. The number of anilines is 1. The second-order valence-electron chi connectivity index (χ2n) is 8.64. The van der Waals surface area contributed by atoms with Gasteiger partial charge in [-0.2, -0.15) is 0 Å². The van der Waals surface area contributed by atoms with Crippen LogP contribution in [0.25, 0.3) is 22.2 Å². The minimum Gasteiger partial charge on any atom is -0.322 e. The fourth-order valence-electron chi connectivity index (χ4n) is 4.47. The number of nitrogens with zero attached hydrogens (tertiary/aromatic N) is 2. The van der Waals surface area contributed by atoms with E-state index in [4.69, 9.17) is 0 Å². The molecule has 4 aromatic rings. The molecule has 0 aliphatic carbocycles. The molecule has 0 atom stereocenters. The normalized spacial score (nSPS) is 14.1. The molecule has 6 heteroatoms. The molecular weight excluding hydrogens is 432 g/mol.